The van der Waals surface area contributed by atoms with Crippen molar-refractivity contribution in [1.29, 1.82) is 0 Å². The van der Waals surface area contributed by atoms with Crippen molar-refractivity contribution >= 4 is 5.96 Å². The van der Waals surface area contributed by atoms with Crippen LogP contribution in [0.1, 0.15) is 32.8 Å². The van der Waals surface area contributed by atoms with Crippen LogP contribution < -0.4 is 10.6 Å². The Labute approximate surface area is 114 Å². The van der Waals surface area contributed by atoms with Gasteiger partial charge in [-0.3, -0.25) is 4.68 Å². The van der Waals surface area contributed by atoms with Crippen LogP contribution in [0.5, 0.6) is 0 Å². The molecule has 1 atom stereocenters. The first kappa shape index (κ1) is 15.5. The Bertz CT molecular complexity index is 411. The minimum atomic E-state index is -1.01. The highest BCUT2D eigenvalue weighted by atomic mass is 16.3. The van der Waals surface area contributed by atoms with E-state index in [4.69, 9.17) is 0 Å². The van der Waals surface area contributed by atoms with Crippen LogP contribution in [0.3, 0.4) is 0 Å². The number of rotatable bonds is 6. The number of aryl methyl sites for hydroxylation is 1. The molecule has 0 fully saturated rings. The maximum atomic E-state index is 10.4. The lowest BCUT2D eigenvalue weighted by atomic mass is 10.0. The van der Waals surface area contributed by atoms with E-state index in [0.29, 0.717) is 0 Å². The molecule has 3 N–H and O–H groups in total. The Balaban J connectivity index is 2.69. The monoisotopic (exact) mass is 267 g/mol. The lowest BCUT2D eigenvalue weighted by Crippen LogP contribution is -2.39. The predicted molar refractivity (Wildman–Crippen MR) is 77.1 cm³/mol. The Morgan fingerprint density at radius 1 is 1.47 bits per heavy atom. The van der Waals surface area contributed by atoms with Gasteiger partial charge in [-0.15, -0.1) is 0 Å². The van der Waals surface area contributed by atoms with Crippen LogP contribution in [-0.2, 0) is 12.6 Å². The summed E-state index contributed by atoms with van der Waals surface area (Å²) in [4.78, 5) is 4.42. The second-order valence-electron chi connectivity index (χ2n) is 4.80. The maximum absolute atomic E-state index is 10.4. The van der Waals surface area contributed by atoms with E-state index in [9.17, 15) is 5.11 Å². The fourth-order valence-electron chi connectivity index (χ4n) is 1.61. The molecule has 0 spiro atoms. The van der Waals surface area contributed by atoms with Crippen LogP contribution in [0.15, 0.2) is 17.4 Å². The molecule has 6 heteroatoms. The van der Waals surface area contributed by atoms with E-state index in [1.54, 1.807) is 17.8 Å². The number of nitrogens with one attached hydrogen (secondary N) is 2. The van der Waals surface area contributed by atoms with E-state index in [0.717, 1.165) is 31.0 Å². The van der Waals surface area contributed by atoms with Crippen LogP contribution in [0.2, 0.25) is 0 Å². The van der Waals surface area contributed by atoms with E-state index in [2.05, 4.69) is 27.6 Å². The first-order valence-electron chi connectivity index (χ1n) is 6.73. The third-order valence-corrected chi connectivity index (χ3v) is 2.76. The van der Waals surface area contributed by atoms with Crippen molar-refractivity contribution in [1.82, 2.24) is 20.4 Å². The zero-order valence-electron chi connectivity index (χ0n) is 12.3. The summed E-state index contributed by atoms with van der Waals surface area (Å²) < 4.78 is 1.67. The topological polar surface area (TPSA) is 74.5 Å². The molecule has 0 aromatic carbocycles. The van der Waals surface area contributed by atoms with Gasteiger partial charge in [0.2, 0.25) is 0 Å². The molecule has 0 amide bonds. The lowest BCUT2D eigenvalue weighted by molar-refractivity contribution is 0.0672. The highest BCUT2D eigenvalue weighted by Crippen LogP contribution is 2.19. The number of guanidine groups is 1. The van der Waals surface area contributed by atoms with Crippen molar-refractivity contribution in [2.45, 2.75) is 32.8 Å². The lowest BCUT2D eigenvalue weighted by Gasteiger charge is -2.20. The summed E-state index contributed by atoms with van der Waals surface area (Å²) in [5, 5.41) is 20.9. The number of hydrogen-bond donors (Lipinski definition) is 3. The summed E-state index contributed by atoms with van der Waals surface area (Å²) in [6.45, 7) is 7.81. The van der Waals surface area contributed by atoms with Crippen LogP contribution >= 0.6 is 0 Å². The Morgan fingerprint density at radius 3 is 2.74 bits per heavy atom. The minimum absolute atomic E-state index is 0.289. The minimum Gasteiger partial charge on any atom is -0.383 e. The predicted octanol–water partition coefficient (Wildman–Crippen LogP) is 0.593. The molecule has 6 nitrogen and oxygen atoms in total. The van der Waals surface area contributed by atoms with Gasteiger partial charge < -0.3 is 15.7 Å². The number of hydrogen-bond acceptors (Lipinski definition) is 3. The molecule has 1 aromatic rings. The Hall–Kier alpha value is -1.56. The number of nitrogens with zero attached hydrogens (tertiary/aromatic N) is 3. The highest BCUT2D eigenvalue weighted by Gasteiger charge is 2.24. The molecule has 1 heterocycles. The molecule has 0 saturated carbocycles. The van der Waals surface area contributed by atoms with Crippen molar-refractivity contribution in [3.8, 4) is 0 Å². The van der Waals surface area contributed by atoms with Gasteiger partial charge in [-0.2, -0.15) is 5.10 Å². The van der Waals surface area contributed by atoms with Crippen molar-refractivity contribution in [2.75, 3.05) is 19.6 Å². The fraction of sp³-hybridized carbons (Fsp3) is 0.692. The van der Waals surface area contributed by atoms with E-state index < -0.39 is 5.60 Å². The summed E-state index contributed by atoms with van der Waals surface area (Å²) >= 11 is 0. The van der Waals surface area contributed by atoms with Crippen molar-refractivity contribution in [2.24, 2.45) is 12.0 Å². The third kappa shape index (κ3) is 4.90. The van der Waals surface area contributed by atoms with E-state index in [1.165, 1.54) is 0 Å². The molecule has 0 radical (unpaired) electrons. The van der Waals surface area contributed by atoms with Gasteiger partial charge in [0, 0.05) is 31.9 Å². The number of aliphatic imine (C=N–C) groups is 1. The average Bonchev–Trinajstić information content (AvgIpc) is 2.80. The standard InChI is InChI=1S/C13H25N5O/c1-5-7-15-12(14-6-2)16-10-13(3,19)11-8-17-18(4)9-11/h8-9,19H,5-7,10H2,1-4H3,(H2,14,15,16). The number of aromatic nitrogens is 2. The van der Waals surface area contributed by atoms with Gasteiger partial charge in [0.05, 0.1) is 12.7 Å². The Morgan fingerprint density at radius 2 is 2.21 bits per heavy atom. The van der Waals surface area contributed by atoms with Gasteiger partial charge in [0.1, 0.15) is 5.60 Å². The van der Waals surface area contributed by atoms with Crippen LogP contribution in [0.25, 0.3) is 0 Å². The summed E-state index contributed by atoms with van der Waals surface area (Å²) in [6, 6.07) is 0. The molecule has 1 unspecified atom stereocenters. The summed E-state index contributed by atoms with van der Waals surface area (Å²) in [7, 11) is 1.83. The number of aliphatic hydroxyl groups is 1. The zero-order chi connectivity index (χ0) is 14.3. The van der Waals surface area contributed by atoms with Crippen molar-refractivity contribution < 1.29 is 5.11 Å². The molecule has 1 rings (SSSR count). The largest absolute Gasteiger partial charge is 0.383 e. The Kier molecular flexibility index (Phi) is 5.82. The molecule has 0 aliphatic rings. The smallest absolute Gasteiger partial charge is 0.191 e. The molecular weight excluding hydrogens is 242 g/mol. The summed E-state index contributed by atoms with van der Waals surface area (Å²) in [5.41, 5.74) is -0.242. The van der Waals surface area contributed by atoms with Crippen molar-refractivity contribution in [3.05, 3.63) is 18.0 Å². The molecule has 19 heavy (non-hydrogen) atoms. The third-order valence-electron chi connectivity index (χ3n) is 2.76. The first-order chi connectivity index (χ1) is 8.99. The van der Waals surface area contributed by atoms with Gasteiger partial charge in [0.25, 0.3) is 0 Å². The molecule has 0 aliphatic carbocycles. The molecule has 0 aliphatic heterocycles. The second kappa shape index (κ2) is 7.13. The van der Waals surface area contributed by atoms with E-state index >= 15 is 0 Å². The normalized spacial score (nSPS) is 15.1. The van der Waals surface area contributed by atoms with Gasteiger partial charge in [-0.05, 0) is 20.3 Å². The second-order valence-corrected chi connectivity index (χ2v) is 4.80. The van der Waals surface area contributed by atoms with Crippen molar-refractivity contribution in [3.63, 3.8) is 0 Å². The van der Waals surface area contributed by atoms with Gasteiger partial charge >= 0.3 is 0 Å². The molecule has 0 saturated heterocycles. The first-order valence-corrected chi connectivity index (χ1v) is 6.73. The molecule has 108 valence electrons. The highest BCUT2D eigenvalue weighted by molar-refractivity contribution is 5.79. The maximum Gasteiger partial charge on any atom is 0.191 e. The van der Waals surface area contributed by atoms with Crippen LogP contribution in [0.4, 0.5) is 0 Å². The van der Waals surface area contributed by atoms with Gasteiger partial charge in [-0.25, -0.2) is 4.99 Å². The molecule has 1 aromatic heterocycles. The van der Waals surface area contributed by atoms with Gasteiger partial charge in [0.15, 0.2) is 5.96 Å². The van der Waals surface area contributed by atoms with Crippen LogP contribution in [-0.4, -0.2) is 40.5 Å². The van der Waals surface area contributed by atoms with Crippen LogP contribution in [0, 0.1) is 0 Å². The zero-order valence-corrected chi connectivity index (χ0v) is 12.3. The van der Waals surface area contributed by atoms with E-state index in [-0.39, 0.29) is 6.54 Å². The summed E-state index contributed by atoms with van der Waals surface area (Å²) in [6.07, 6.45) is 4.51. The SMILES string of the molecule is CCCNC(=NCC(C)(O)c1cnn(C)c1)NCC. The van der Waals surface area contributed by atoms with Gasteiger partial charge in [-0.1, -0.05) is 6.92 Å². The molecular formula is C13H25N5O. The average molecular weight is 267 g/mol. The quantitative estimate of drug-likeness (QED) is 0.521. The van der Waals surface area contributed by atoms with E-state index in [1.807, 2.05) is 20.2 Å². The summed E-state index contributed by atoms with van der Waals surface area (Å²) in [5.74, 6) is 0.730. The molecule has 0 bridgehead atoms. The fourth-order valence-corrected chi connectivity index (χ4v) is 1.61.